The number of hydrogen-bond acceptors (Lipinski definition) is 5. The number of rotatable bonds is 5. The molecule has 1 saturated carbocycles. The molecule has 1 aromatic rings. The number of aromatic nitrogens is 2. The van der Waals surface area contributed by atoms with Crippen LogP contribution in [0.3, 0.4) is 0 Å². The van der Waals surface area contributed by atoms with Gasteiger partial charge in [-0.3, -0.25) is 0 Å². The fourth-order valence-corrected chi connectivity index (χ4v) is 1.97. The van der Waals surface area contributed by atoms with Crippen LogP contribution in [0.15, 0.2) is 12.5 Å². The molecule has 0 spiro atoms. The normalized spacial score (nSPS) is 15.8. The lowest BCUT2D eigenvalue weighted by molar-refractivity contribution is 0.282. The molecule has 5 nitrogen and oxygen atoms in total. The Kier molecular flexibility index (Phi) is 3.56. The first-order valence-corrected chi connectivity index (χ1v) is 5.76. The highest BCUT2D eigenvalue weighted by Crippen LogP contribution is 2.30. The Hall–Kier alpha value is -1.36. The summed E-state index contributed by atoms with van der Waals surface area (Å²) in [4.78, 5) is 10.3. The lowest BCUT2D eigenvalue weighted by Crippen LogP contribution is -2.42. The zero-order chi connectivity index (χ0) is 11.4. The number of aliphatic hydroxyl groups is 1. The van der Waals surface area contributed by atoms with E-state index in [9.17, 15) is 0 Å². The van der Waals surface area contributed by atoms with Gasteiger partial charge in [-0.15, -0.1) is 0 Å². The maximum absolute atomic E-state index is 8.91. The molecule has 0 bridgehead atoms. The largest absolute Gasteiger partial charge is 0.396 e. The van der Waals surface area contributed by atoms with Gasteiger partial charge in [0.25, 0.3) is 0 Å². The molecule has 2 rings (SSSR count). The summed E-state index contributed by atoms with van der Waals surface area (Å²) in [5, 5.41) is 8.91. The van der Waals surface area contributed by atoms with E-state index >= 15 is 0 Å². The van der Waals surface area contributed by atoms with Crippen molar-refractivity contribution < 1.29 is 5.11 Å². The zero-order valence-electron chi connectivity index (χ0n) is 9.34. The maximum Gasteiger partial charge on any atom is 0.155 e. The molecular formula is C11H18N4O. The van der Waals surface area contributed by atoms with Crippen molar-refractivity contribution in [2.75, 3.05) is 23.8 Å². The molecule has 0 atom stereocenters. The highest BCUT2D eigenvalue weighted by Gasteiger charge is 2.26. The van der Waals surface area contributed by atoms with E-state index in [0.717, 1.165) is 18.8 Å². The van der Waals surface area contributed by atoms with Crippen molar-refractivity contribution >= 4 is 11.5 Å². The van der Waals surface area contributed by atoms with Crippen LogP contribution in [-0.2, 0) is 0 Å². The number of nitrogens with zero attached hydrogens (tertiary/aromatic N) is 3. The molecule has 16 heavy (non-hydrogen) atoms. The Morgan fingerprint density at radius 3 is 2.88 bits per heavy atom. The zero-order valence-corrected chi connectivity index (χ0v) is 9.34. The summed E-state index contributed by atoms with van der Waals surface area (Å²) in [6.07, 6.45) is 7.55. The summed E-state index contributed by atoms with van der Waals surface area (Å²) in [6.45, 7) is 1.01. The Labute approximate surface area is 95.3 Å². The lowest BCUT2D eigenvalue weighted by Gasteiger charge is -2.38. The molecule has 0 amide bonds. The standard InChI is InChI=1S/C11H18N4O/c12-10-7-13-8-14-11(10)15(5-2-6-16)9-3-1-4-9/h7-9,16H,1-6,12H2. The summed E-state index contributed by atoms with van der Waals surface area (Å²) >= 11 is 0. The van der Waals surface area contributed by atoms with Gasteiger partial charge in [0.1, 0.15) is 6.33 Å². The van der Waals surface area contributed by atoms with Crippen molar-refractivity contribution in [3.8, 4) is 0 Å². The molecule has 0 aromatic carbocycles. The predicted octanol–water partition coefficient (Wildman–Crippen LogP) is 0.800. The van der Waals surface area contributed by atoms with E-state index in [0.29, 0.717) is 11.7 Å². The number of aliphatic hydroxyl groups excluding tert-OH is 1. The molecule has 0 saturated heterocycles. The van der Waals surface area contributed by atoms with Crippen LogP contribution in [0, 0.1) is 0 Å². The second-order valence-electron chi connectivity index (χ2n) is 4.16. The molecule has 1 heterocycles. The molecule has 3 N–H and O–H groups in total. The van der Waals surface area contributed by atoms with Crippen LogP contribution in [0.4, 0.5) is 11.5 Å². The predicted molar refractivity (Wildman–Crippen MR) is 63.1 cm³/mol. The Bertz CT molecular complexity index is 341. The second-order valence-corrected chi connectivity index (χ2v) is 4.16. The molecule has 0 aliphatic heterocycles. The quantitative estimate of drug-likeness (QED) is 0.770. The minimum atomic E-state index is 0.203. The first-order valence-electron chi connectivity index (χ1n) is 5.76. The molecule has 0 radical (unpaired) electrons. The van der Waals surface area contributed by atoms with Crippen LogP contribution in [0.2, 0.25) is 0 Å². The van der Waals surface area contributed by atoms with E-state index in [1.54, 1.807) is 6.20 Å². The number of hydrogen-bond donors (Lipinski definition) is 2. The monoisotopic (exact) mass is 222 g/mol. The van der Waals surface area contributed by atoms with Crippen LogP contribution < -0.4 is 10.6 Å². The summed E-state index contributed by atoms with van der Waals surface area (Å²) in [6, 6.07) is 0.531. The van der Waals surface area contributed by atoms with Gasteiger partial charge in [0.2, 0.25) is 0 Å². The Balaban J connectivity index is 2.13. The van der Waals surface area contributed by atoms with Crippen molar-refractivity contribution in [1.82, 2.24) is 9.97 Å². The van der Waals surface area contributed by atoms with Crippen molar-refractivity contribution in [3.63, 3.8) is 0 Å². The average Bonchev–Trinajstić information content (AvgIpc) is 2.22. The van der Waals surface area contributed by atoms with Crippen LogP contribution in [-0.4, -0.2) is 34.3 Å². The van der Waals surface area contributed by atoms with E-state index in [1.165, 1.54) is 25.6 Å². The third-order valence-corrected chi connectivity index (χ3v) is 3.06. The fraction of sp³-hybridized carbons (Fsp3) is 0.636. The molecular weight excluding hydrogens is 204 g/mol. The molecule has 5 heteroatoms. The molecule has 1 aliphatic rings. The first-order chi connectivity index (χ1) is 7.83. The van der Waals surface area contributed by atoms with Gasteiger partial charge in [0, 0.05) is 19.2 Å². The van der Waals surface area contributed by atoms with Crippen molar-refractivity contribution in [2.45, 2.75) is 31.7 Å². The van der Waals surface area contributed by atoms with Gasteiger partial charge in [-0.2, -0.15) is 0 Å². The highest BCUT2D eigenvalue weighted by molar-refractivity contribution is 5.61. The summed E-state index contributed by atoms with van der Waals surface area (Å²) < 4.78 is 0. The number of nitrogen functional groups attached to an aromatic ring is 1. The van der Waals surface area contributed by atoms with Gasteiger partial charge in [-0.05, 0) is 25.7 Å². The average molecular weight is 222 g/mol. The van der Waals surface area contributed by atoms with E-state index in [-0.39, 0.29) is 6.61 Å². The summed E-state index contributed by atoms with van der Waals surface area (Å²) in [5.74, 6) is 0.813. The van der Waals surface area contributed by atoms with Gasteiger partial charge in [0.05, 0.1) is 11.9 Å². The Morgan fingerprint density at radius 2 is 2.31 bits per heavy atom. The molecule has 1 aliphatic carbocycles. The van der Waals surface area contributed by atoms with E-state index in [2.05, 4.69) is 14.9 Å². The minimum Gasteiger partial charge on any atom is -0.396 e. The van der Waals surface area contributed by atoms with Crippen molar-refractivity contribution in [3.05, 3.63) is 12.5 Å². The maximum atomic E-state index is 8.91. The molecule has 1 fully saturated rings. The first kappa shape index (κ1) is 11.1. The summed E-state index contributed by atoms with van der Waals surface area (Å²) in [7, 11) is 0. The van der Waals surface area contributed by atoms with Crippen LogP contribution in [0.1, 0.15) is 25.7 Å². The van der Waals surface area contributed by atoms with Gasteiger partial charge in [-0.25, -0.2) is 9.97 Å². The second kappa shape index (κ2) is 5.12. The van der Waals surface area contributed by atoms with E-state index < -0.39 is 0 Å². The third-order valence-electron chi connectivity index (χ3n) is 3.06. The minimum absolute atomic E-state index is 0.203. The van der Waals surface area contributed by atoms with E-state index in [4.69, 9.17) is 10.8 Å². The van der Waals surface area contributed by atoms with Crippen molar-refractivity contribution in [2.24, 2.45) is 0 Å². The molecule has 1 aromatic heterocycles. The van der Waals surface area contributed by atoms with Crippen LogP contribution >= 0.6 is 0 Å². The molecule has 88 valence electrons. The lowest BCUT2D eigenvalue weighted by atomic mass is 9.91. The smallest absolute Gasteiger partial charge is 0.155 e. The Morgan fingerprint density at radius 1 is 1.50 bits per heavy atom. The topological polar surface area (TPSA) is 75.3 Å². The summed E-state index contributed by atoms with van der Waals surface area (Å²) in [5.41, 5.74) is 6.50. The number of nitrogens with two attached hydrogens (primary N) is 1. The highest BCUT2D eigenvalue weighted by atomic mass is 16.3. The van der Waals surface area contributed by atoms with Gasteiger partial charge in [0.15, 0.2) is 5.82 Å². The van der Waals surface area contributed by atoms with Crippen molar-refractivity contribution in [1.29, 1.82) is 0 Å². The van der Waals surface area contributed by atoms with Crippen LogP contribution in [0.25, 0.3) is 0 Å². The van der Waals surface area contributed by atoms with E-state index in [1.807, 2.05) is 0 Å². The van der Waals surface area contributed by atoms with Gasteiger partial charge < -0.3 is 15.7 Å². The van der Waals surface area contributed by atoms with Gasteiger partial charge in [-0.1, -0.05) is 0 Å². The number of anilines is 2. The third kappa shape index (κ3) is 2.24. The molecule has 0 unspecified atom stereocenters. The SMILES string of the molecule is Nc1cncnc1N(CCCO)C1CCC1. The van der Waals surface area contributed by atoms with Gasteiger partial charge >= 0.3 is 0 Å². The fourth-order valence-electron chi connectivity index (χ4n) is 1.97. The van der Waals surface area contributed by atoms with Crippen LogP contribution in [0.5, 0.6) is 0 Å².